The largest absolute Gasteiger partial charge is 0.497 e. The van der Waals surface area contributed by atoms with Crippen LogP contribution in [0.1, 0.15) is 11.6 Å². The summed E-state index contributed by atoms with van der Waals surface area (Å²) < 4.78 is 10.4. The van der Waals surface area contributed by atoms with Crippen molar-refractivity contribution < 1.29 is 14.3 Å². The van der Waals surface area contributed by atoms with E-state index in [9.17, 15) is 4.79 Å². The number of carbonyl (C=O) groups excluding carboxylic acids is 1. The molecule has 0 heterocycles. The molecule has 0 aliphatic rings. The van der Waals surface area contributed by atoms with E-state index in [0.717, 1.165) is 5.56 Å². The molecule has 0 fully saturated rings. The fourth-order valence-corrected chi connectivity index (χ4v) is 3.04. The number of nitrogens with one attached hydrogen (secondary N) is 2. The molecular weight excluding hydrogens is 376 g/mol. The Hall–Kier alpha value is -3.18. The predicted molar refractivity (Wildman–Crippen MR) is 112 cm³/mol. The van der Waals surface area contributed by atoms with Gasteiger partial charge in [-0.3, -0.25) is 4.79 Å². The lowest BCUT2D eigenvalue weighted by Gasteiger charge is -2.20. The number of ether oxygens (including phenoxy) is 2. The molecule has 0 bridgehead atoms. The van der Waals surface area contributed by atoms with Crippen molar-refractivity contribution in [3.8, 4) is 11.5 Å². The molecule has 0 radical (unpaired) electrons. The van der Waals surface area contributed by atoms with Crippen LogP contribution in [0, 0.1) is 0 Å². The Morgan fingerprint density at radius 3 is 2.36 bits per heavy atom. The molecule has 0 unspecified atom stereocenters. The maximum absolute atomic E-state index is 13.1. The summed E-state index contributed by atoms with van der Waals surface area (Å²) in [7, 11) is 3.14. The maximum Gasteiger partial charge on any atom is 0.251 e. The van der Waals surface area contributed by atoms with E-state index in [1.54, 1.807) is 32.4 Å². The average molecular weight is 397 g/mol. The van der Waals surface area contributed by atoms with Crippen LogP contribution in [0.4, 0.5) is 11.4 Å². The number of methoxy groups -OCH3 is 2. The van der Waals surface area contributed by atoms with Gasteiger partial charge in [-0.15, -0.1) is 0 Å². The first kappa shape index (κ1) is 19.6. The van der Waals surface area contributed by atoms with Crippen molar-refractivity contribution in [3.63, 3.8) is 0 Å². The van der Waals surface area contributed by atoms with Crippen LogP contribution in [0.3, 0.4) is 0 Å². The molecule has 0 saturated heterocycles. The Morgan fingerprint density at radius 1 is 0.893 bits per heavy atom. The monoisotopic (exact) mass is 396 g/mol. The van der Waals surface area contributed by atoms with Gasteiger partial charge in [-0.1, -0.05) is 48.0 Å². The van der Waals surface area contributed by atoms with Crippen molar-refractivity contribution in [2.24, 2.45) is 0 Å². The van der Waals surface area contributed by atoms with Crippen LogP contribution in [0.15, 0.2) is 72.8 Å². The summed E-state index contributed by atoms with van der Waals surface area (Å²) in [6, 6.07) is 21.4. The molecule has 0 aliphatic carbocycles. The van der Waals surface area contributed by atoms with Gasteiger partial charge in [0.2, 0.25) is 0 Å². The van der Waals surface area contributed by atoms with Crippen LogP contribution in [0.5, 0.6) is 11.5 Å². The third-order valence-electron chi connectivity index (χ3n) is 4.20. The van der Waals surface area contributed by atoms with Crippen LogP contribution in [0.25, 0.3) is 0 Å². The summed E-state index contributed by atoms with van der Waals surface area (Å²) in [5.74, 6) is 1.04. The van der Waals surface area contributed by atoms with E-state index in [-0.39, 0.29) is 5.91 Å². The second kappa shape index (κ2) is 9.15. The number of hydrogen-bond acceptors (Lipinski definition) is 4. The molecule has 5 nitrogen and oxygen atoms in total. The second-order valence-corrected chi connectivity index (χ2v) is 6.47. The summed E-state index contributed by atoms with van der Waals surface area (Å²) in [6.07, 6.45) is 0. The molecule has 3 aromatic rings. The molecule has 3 aromatic carbocycles. The van der Waals surface area contributed by atoms with Crippen molar-refractivity contribution in [2.45, 2.75) is 6.04 Å². The highest BCUT2D eigenvalue weighted by Gasteiger charge is 2.21. The minimum absolute atomic E-state index is 0.202. The van der Waals surface area contributed by atoms with Gasteiger partial charge in [0.1, 0.15) is 17.5 Å². The Morgan fingerprint density at radius 2 is 1.68 bits per heavy atom. The van der Waals surface area contributed by atoms with Gasteiger partial charge < -0.3 is 20.1 Å². The molecule has 0 aromatic heterocycles. The Kier molecular flexibility index (Phi) is 6.40. The summed E-state index contributed by atoms with van der Waals surface area (Å²) in [6.45, 7) is 0. The summed E-state index contributed by atoms with van der Waals surface area (Å²) in [5.41, 5.74) is 2.19. The van der Waals surface area contributed by atoms with E-state index in [2.05, 4.69) is 10.6 Å². The van der Waals surface area contributed by atoms with Crippen molar-refractivity contribution in [3.05, 3.63) is 83.4 Å². The zero-order chi connectivity index (χ0) is 19.9. The lowest BCUT2D eigenvalue weighted by Crippen LogP contribution is -2.27. The zero-order valence-corrected chi connectivity index (χ0v) is 16.4. The van der Waals surface area contributed by atoms with E-state index < -0.39 is 6.04 Å². The zero-order valence-electron chi connectivity index (χ0n) is 15.6. The van der Waals surface area contributed by atoms with Gasteiger partial charge in [0, 0.05) is 17.4 Å². The van der Waals surface area contributed by atoms with Gasteiger partial charge in [0.05, 0.1) is 19.2 Å². The molecule has 1 amide bonds. The van der Waals surface area contributed by atoms with E-state index >= 15 is 0 Å². The van der Waals surface area contributed by atoms with Gasteiger partial charge in [-0.05, 0) is 35.9 Å². The van der Waals surface area contributed by atoms with Crippen molar-refractivity contribution >= 4 is 28.9 Å². The highest BCUT2D eigenvalue weighted by Crippen LogP contribution is 2.30. The SMILES string of the molecule is COc1cccc(NC(=O)[C@@H](Nc2ccc(OC)c(Cl)c2)c2ccccc2)c1. The number of benzene rings is 3. The fourth-order valence-electron chi connectivity index (χ4n) is 2.78. The number of anilines is 2. The van der Waals surface area contributed by atoms with Gasteiger partial charge >= 0.3 is 0 Å². The minimum Gasteiger partial charge on any atom is -0.497 e. The highest BCUT2D eigenvalue weighted by molar-refractivity contribution is 6.32. The number of halogens is 1. The van der Waals surface area contributed by atoms with Crippen molar-refractivity contribution in [2.75, 3.05) is 24.9 Å². The van der Waals surface area contributed by atoms with E-state index in [1.165, 1.54) is 0 Å². The summed E-state index contributed by atoms with van der Waals surface area (Å²) in [5, 5.41) is 6.65. The Bertz CT molecular complexity index is 948. The van der Waals surface area contributed by atoms with Crippen molar-refractivity contribution in [1.29, 1.82) is 0 Å². The van der Waals surface area contributed by atoms with Gasteiger partial charge in [-0.25, -0.2) is 0 Å². The smallest absolute Gasteiger partial charge is 0.251 e. The summed E-state index contributed by atoms with van der Waals surface area (Å²) in [4.78, 5) is 13.1. The Balaban J connectivity index is 1.86. The molecule has 0 spiro atoms. The van der Waals surface area contributed by atoms with Gasteiger partial charge in [0.25, 0.3) is 5.91 Å². The van der Waals surface area contributed by atoms with Gasteiger partial charge in [0.15, 0.2) is 0 Å². The predicted octanol–water partition coefficient (Wildman–Crippen LogP) is 5.15. The molecule has 0 aliphatic heterocycles. The van der Waals surface area contributed by atoms with E-state index in [4.69, 9.17) is 21.1 Å². The van der Waals surface area contributed by atoms with Gasteiger partial charge in [-0.2, -0.15) is 0 Å². The molecule has 144 valence electrons. The number of rotatable bonds is 7. The maximum atomic E-state index is 13.1. The first-order chi connectivity index (χ1) is 13.6. The first-order valence-corrected chi connectivity index (χ1v) is 9.08. The third kappa shape index (κ3) is 4.75. The van der Waals surface area contributed by atoms with E-state index in [1.807, 2.05) is 54.6 Å². The molecule has 2 N–H and O–H groups in total. The highest BCUT2D eigenvalue weighted by atomic mass is 35.5. The number of amides is 1. The van der Waals surface area contributed by atoms with Crippen LogP contribution < -0.4 is 20.1 Å². The molecule has 28 heavy (non-hydrogen) atoms. The average Bonchev–Trinajstić information content (AvgIpc) is 2.73. The molecular formula is C22H21ClN2O3. The van der Waals surface area contributed by atoms with Crippen LogP contribution in [-0.4, -0.2) is 20.1 Å². The summed E-state index contributed by atoms with van der Waals surface area (Å²) >= 11 is 6.22. The fraction of sp³-hybridized carbons (Fsp3) is 0.136. The molecule has 0 saturated carbocycles. The first-order valence-electron chi connectivity index (χ1n) is 8.70. The quantitative estimate of drug-likeness (QED) is 0.579. The molecule has 3 rings (SSSR count). The molecule has 6 heteroatoms. The standard InChI is InChI=1S/C22H21ClN2O3/c1-27-18-10-6-9-16(13-18)25-22(26)21(15-7-4-3-5-8-15)24-17-11-12-20(28-2)19(23)14-17/h3-14,21,24H,1-2H3,(H,25,26)/t21-/m0/s1. The lowest BCUT2D eigenvalue weighted by molar-refractivity contribution is -0.117. The van der Waals surface area contributed by atoms with Crippen LogP contribution in [-0.2, 0) is 4.79 Å². The third-order valence-corrected chi connectivity index (χ3v) is 4.49. The van der Waals surface area contributed by atoms with Crippen LogP contribution in [0.2, 0.25) is 5.02 Å². The van der Waals surface area contributed by atoms with Crippen molar-refractivity contribution in [1.82, 2.24) is 0 Å². The normalized spacial score (nSPS) is 11.4. The topological polar surface area (TPSA) is 59.6 Å². The van der Waals surface area contributed by atoms with Crippen LogP contribution >= 0.6 is 11.6 Å². The number of carbonyl (C=O) groups is 1. The van der Waals surface area contributed by atoms with E-state index in [0.29, 0.717) is 27.9 Å². The second-order valence-electron chi connectivity index (χ2n) is 6.06. The lowest BCUT2D eigenvalue weighted by atomic mass is 10.1. The minimum atomic E-state index is -0.614. The Labute approximate surface area is 169 Å². The number of hydrogen-bond donors (Lipinski definition) is 2. The molecule has 1 atom stereocenters.